The van der Waals surface area contributed by atoms with Crippen molar-refractivity contribution in [1.82, 2.24) is 5.32 Å². The van der Waals surface area contributed by atoms with Crippen LogP contribution in [0.1, 0.15) is 35.2 Å². The number of carbonyl (C=O) groups is 1. The number of thioether (sulfide) groups is 1. The molecular weight excluding hydrogens is 270 g/mol. The van der Waals surface area contributed by atoms with E-state index in [0.717, 1.165) is 12.1 Å². The van der Waals surface area contributed by atoms with E-state index in [2.05, 4.69) is 23.4 Å². The predicted octanol–water partition coefficient (Wildman–Crippen LogP) is 2.05. The normalized spacial score (nSPS) is 15.1. The third-order valence-electron chi connectivity index (χ3n) is 3.43. The molecule has 20 heavy (non-hydrogen) atoms. The number of amides is 1. The van der Waals surface area contributed by atoms with Crippen LogP contribution in [0.15, 0.2) is 24.3 Å². The number of hydrogen-bond acceptors (Lipinski definition) is 3. The van der Waals surface area contributed by atoms with Gasteiger partial charge in [-0.3, -0.25) is 4.79 Å². The third-order valence-corrected chi connectivity index (χ3v) is 4.85. The van der Waals surface area contributed by atoms with Crippen LogP contribution in [-0.2, 0) is 0 Å². The fraction of sp³-hybridized carbons (Fsp3) is 0.438. The summed E-state index contributed by atoms with van der Waals surface area (Å²) in [6.45, 7) is 0.815. The molecule has 0 heterocycles. The monoisotopic (exact) mass is 289 g/mol. The molecule has 0 saturated heterocycles. The van der Waals surface area contributed by atoms with Gasteiger partial charge in [0.2, 0.25) is 0 Å². The SMILES string of the molecule is CSC1(CNC(=O)c2ccc(C#CCCO)cc2)CC1. The lowest BCUT2D eigenvalue weighted by molar-refractivity contribution is 0.0953. The molecule has 0 radical (unpaired) electrons. The van der Waals surface area contributed by atoms with E-state index >= 15 is 0 Å². The second-order valence-electron chi connectivity index (χ2n) is 4.92. The fourth-order valence-electron chi connectivity index (χ4n) is 1.86. The van der Waals surface area contributed by atoms with Crippen LogP contribution in [0, 0.1) is 11.8 Å². The van der Waals surface area contributed by atoms with Crippen LogP contribution in [0.25, 0.3) is 0 Å². The Bertz CT molecular complexity index is 524. The molecular formula is C16H19NO2S. The van der Waals surface area contributed by atoms with Crippen molar-refractivity contribution in [3.05, 3.63) is 35.4 Å². The second kappa shape index (κ2) is 6.83. The highest BCUT2D eigenvalue weighted by Gasteiger charge is 2.41. The van der Waals surface area contributed by atoms with Crippen LogP contribution in [0.5, 0.6) is 0 Å². The van der Waals surface area contributed by atoms with Gasteiger partial charge in [-0.2, -0.15) is 11.8 Å². The Balaban J connectivity index is 1.89. The van der Waals surface area contributed by atoms with Crippen molar-refractivity contribution in [2.75, 3.05) is 19.4 Å². The van der Waals surface area contributed by atoms with Crippen LogP contribution in [0.2, 0.25) is 0 Å². The lowest BCUT2D eigenvalue weighted by Crippen LogP contribution is -2.31. The summed E-state index contributed by atoms with van der Waals surface area (Å²) in [4.78, 5) is 12.0. The topological polar surface area (TPSA) is 49.3 Å². The highest BCUT2D eigenvalue weighted by Crippen LogP contribution is 2.46. The molecule has 0 bridgehead atoms. The van der Waals surface area contributed by atoms with Crippen molar-refractivity contribution in [2.24, 2.45) is 0 Å². The molecule has 1 saturated carbocycles. The van der Waals surface area contributed by atoms with E-state index in [0.29, 0.717) is 12.0 Å². The van der Waals surface area contributed by atoms with Crippen LogP contribution in [-0.4, -0.2) is 35.2 Å². The van der Waals surface area contributed by atoms with Crippen molar-refractivity contribution in [3.63, 3.8) is 0 Å². The number of rotatable bonds is 5. The second-order valence-corrected chi connectivity index (χ2v) is 6.20. The van der Waals surface area contributed by atoms with E-state index in [-0.39, 0.29) is 17.3 Å². The molecule has 1 aliphatic rings. The summed E-state index contributed by atoms with van der Waals surface area (Å²) in [5, 5.41) is 11.6. The van der Waals surface area contributed by atoms with Gasteiger partial charge in [0.05, 0.1) is 6.61 Å². The minimum absolute atomic E-state index is 0.0276. The Morgan fingerprint density at radius 3 is 2.65 bits per heavy atom. The molecule has 2 rings (SSSR count). The Kier molecular flexibility index (Phi) is 5.11. The third kappa shape index (κ3) is 4.03. The predicted molar refractivity (Wildman–Crippen MR) is 82.8 cm³/mol. The summed E-state index contributed by atoms with van der Waals surface area (Å²) in [6.07, 6.45) is 4.94. The van der Waals surface area contributed by atoms with Crippen LogP contribution >= 0.6 is 11.8 Å². The number of nitrogens with one attached hydrogen (secondary N) is 1. The van der Waals surface area contributed by atoms with Crippen molar-refractivity contribution in [1.29, 1.82) is 0 Å². The molecule has 3 nitrogen and oxygen atoms in total. The molecule has 0 spiro atoms. The van der Waals surface area contributed by atoms with Crippen molar-refractivity contribution in [2.45, 2.75) is 24.0 Å². The van der Waals surface area contributed by atoms with Crippen LogP contribution in [0.4, 0.5) is 0 Å². The molecule has 4 heteroatoms. The molecule has 1 fully saturated rings. The Morgan fingerprint density at radius 2 is 2.10 bits per heavy atom. The Labute approximate surface area is 124 Å². The largest absolute Gasteiger partial charge is 0.395 e. The maximum Gasteiger partial charge on any atom is 0.251 e. The van der Waals surface area contributed by atoms with Gasteiger partial charge in [0.15, 0.2) is 0 Å². The van der Waals surface area contributed by atoms with Crippen molar-refractivity contribution < 1.29 is 9.90 Å². The lowest BCUT2D eigenvalue weighted by atomic mass is 10.1. The van der Waals surface area contributed by atoms with Crippen molar-refractivity contribution in [3.8, 4) is 11.8 Å². The average Bonchev–Trinajstić information content (AvgIpc) is 3.26. The standard InChI is InChI=1S/C16H19NO2S/c1-20-16(9-10-16)12-17-15(19)14-7-5-13(6-8-14)4-2-3-11-18/h5-8,18H,3,9-12H2,1H3,(H,17,19). The zero-order chi connectivity index (χ0) is 14.4. The van der Waals surface area contributed by atoms with Crippen LogP contribution in [0.3, 0.4) is 0 Å². The van der Waals surface area contributed by atoms with E-state index in [1.54, 1.807) is 12.1 Å². The number of carbonyl (C=O) groups excluding carboxylic acids is 1. The van der Waals surface area contributed by atoms with Crippen LogP contribution < -0.4 is 5.32 Å². The number of benzene rings is 1. The number of aliphatic hydroxyl groups excluding tert-OH is 1. The molecule has 1 amide bonds. The summed E-state index contributed by atoms with van der Waals surface area (Å²) in [6, 6.07) is 7.25. The van der Waals surface area contributed by atoms with E-state index in [1.165, 1.54) is 12.8 Å². The van der Waals surface area contributed by atoms with Crippen molar-refractivity contribution >= 4 is 17.7 Å². The first-order valence-corrected chi connectivity index (χ1v) is 7.95. The molecule has 1 aliphatic carbocycles. The van der Waals surface area contributed by atoms with Gasteiger partial charge in [-0.05, 0) is 43.4 Å². The van der Waals surface area contributed by atoms with E-state index < -0.39 is 0 Å². The quantitative estimate of drug-likeness (QED) is 0.816. The Hall–Kier alpha value is -1.44. The van der Waals surface area contributed by atoms with Gasteiger partial charge in [-0.15, -0.1) is 0 Å². The van der Waals surface area contributed by atoms with Gasteiger partial charge in [0.1, 0.15) is 0 Å². The zero-order valence-electron chi connectivity index (χ0n) is 11.6. The van der Waals surface area contributed by atoms with Gasteiger partial charge in [-0.1, -0.05) is 11.8 Å². The van der Waals surface area contributed by atoms with E-state index in [4.69, 9.17) is 5.11 Å². The first-order valence-electron chi connectivity index (χ1n) is 6.72. The number of hydrogen-bond donors (Lipinski definition) is 2. The molecule has 2 N–H and O–H groups in total. The van der Waals surface area contributed by atoms with Gasteiger partial charge < -0.3 is 10.4 Å². The molecule has 0 aromatic heterocycles. The van der Waals surface area contributed by atoms with E-state index in [1.807, 2.05) is 23.9 Å². The van der Waals surface area contributed by atoms with E-state index in [9.17, 15) is 4.79 Å². The molecule has 0 atom stereocenters. The zero-order valence-corrected chi connectivity index (χ0v) is 12.4. The first-order chi connectivity index (χ1) is 9.69. The van der Waals surface area contributed by atoms with Gasteiger partial charge in [-0.25, -0.2) is 0 Å². The molecule has 0 aliphatic heterocycles. The highest BCUT2D eigenvalue weighted by molar-refractivity contribution is 8.00. The van der Waals surface area contributed by atoms with Gasteiger partial charge >= 0.3 is 0 Å². The fourth-order valence-corrected chi connectivity index (χ4v) is 2.59. The average molecular weight is 289 g/mol. The molecule has 1 aromatic rings. The summed E-state index contributed by atoms with van der Waals surface area (Å²) in [7, 11) is 0. The maximum absolute atomic E-state index is 12.0. The summed E-state index contributed by atoms with van der Waals surface area (Å²) < 4.78 is 0.283. The molecule has 1 aromatic carbocycles. The smallest absolute Gasteiger partial charge is 0.251 e. The summed E-state index contributed by atoms with van der Waals surface area (Å²) >= 11 is 1.84. The lowest BCUT2D eigenvalue weighted by Gasteiger charge is -2.12. The Morgan fingerprint density at radius 1 is 1.40 bits per heavy atom. The first kappa shape index (κ1) is 15.0. The maximum atomic E-state index is 12.0. The summed E-state index contributed by atoms with van der Waals surface area (Å²) in [5.41, 5.74) is 1.52. The number of aliphatic hydroxyl groups is 1. The molecule has 106 valence electrons. The summed E-state index contributed by atoms with van der Waals surface area (Å²) in [5.74, 6) is 5.77. The molecule has 0 unspecified atom stereocenters. The van der Waals surface area contributed by atoms with Gasteiger partial charge in [0.25, 0.3) is 5.91 Å². The highest BCUT2D eigenvalue weighted by atomic mass is 32.2. The minimum Gasteiger partial charge on any atom is -0.395 e. The van der Waals surface area contributed by atoms with Gasteiger partial charge in [0, 0.05) is 28.8 Å². The minimum atomic E-state index is -0.0276.